The molecule has 0 aromatic heterocycles. The smallest absolute Gasteiger partial charge is 0.417 e. The quantitative estimate of drug-likeness (QED) is 0.924. The summed E-state index contributed by atoms with van der Waals surface area (Å²) in [5, 5.41) is 9.03. The number of carbonyl (C=O) groups is 3. The van der Waals surface area contributed by atoms with Crippen molar-refractivity contribution in [2.45, 2.75) is 38.8 Å². The van der Waals surface area contributed by atoms with Crippen LogP contribution in [0.5, 0.6) is 0 Å². The van der Waals surface area contributed by atoms with Gasteiger partial charge in [0.15, 0.2) is 0 Å². The lowest BCUT2D eigenvalue weighted by Crippen LogP contribution is -2.43. The molecule has 1 aromatic carbocycles. The zero-order valence-electron chi connectivity index (χ0n) is 13.1. The molecule has 1 aromatic rings. The van der Waals surface area contributed by atoms with Gasteiger partial charge in [-0.2, -0.15) is 0 Å². The second-order valence-corrected chi connectivity index (χ2v) is 6.41. The Labute approximate surface area is 132 Å². The SMILES string of the molecule is CC(C)(C)OC(=O)N(C(=O)c1cccc(F)c1)C1CC1C(=O)O. The number of imide groups is 1. The van der Waals surface area contributed by atoms with Crippen molar-refractivity contribution >= 4 is 18.0 Å². The van der Waals surface area contributed by atoms with Gasteiger partial charge in [-0.1, -0.05) is 6.07 Å². The molecule has 1 aliphatic rings. The maximum absolute atomic E-state index is 13.3. The number of nitrogens with zero attached hydrogens (tertiary/aromatic N) is 1. The Morgan fingerprint density at radius 2 is 1.96 bits per heavy atom. The maximum atomic E-state index is 13.3. The molecule has 6 nitrogen and oxygen atoms in total. The van der Waals surface area contributed by atoms with E-state index in [2.05, 4.69) is 0 Å². The van der Waals surface area contributed by atoms with Gasteiger partial charge in [0.1, 0.15) is 11.4 Å². The fraction of sp³-hybridized carbons (Fsp3) is 0.438. The van der Waals surface area contributed by atoms with Crippen LogP contribution in [0.3, 0.4) is 0 Å². The topological polar surface area (TPSA) is 83.9 Å². The summed E-state index contributed by atoms with van der Waals surface area (Å²) in [6.07, 6.45) is -0.768. The van der Waals surface area contributed by atoms with Crippen molar-refractivity contribution in [2.75, 3.05) is 0 Å². The van der Waals surface area contributed by atoms with E-state index in [1.165, 1.54) is 18.2 Å². The van der Waals surface area contributed by atoms with Gasteiger partial charge in [-0.15, -0.1) is 0 Å². The number of benzene rings is 1. The third-order valence-corrected chi connectivity index (χ3v) is 3.29. The number of carboxylic acids is 1. The van der Waals surface area contributed by atoms with Gasteiger partial charge >= 0.3 is 12.1 Å². The van der Waals surface area contributed by atoms with Gasteiger partial charge in [0, 0.05) is 5.56 Å². The molecule has 0 saturated heterocycles. The van der Waals surface area contributed by atoms with Gasteiger partial charge in [-0.25, -0.2) is 14.1 Å². The van der Waals surface area contributed by atoms with Gasteiger partial charge in [0.25, 0.3) is 5.91 Å². The average Bonchev–Trinajstić information content (AvgIpc) is 3.17. The lowest BCUT2D eigenvalue weighted by molar-refractivity contribution is -0.138. The Balaban J connectivity index is 2.28. The highest BCUT2D eigenvalue weighted by Gasteiger charge is 2.52. The van der Waals surface area contributed by atoms with E-state index in [0.717, 1.165) is 11.0 Å². The average molecular weight is 323 g/mol. The standard InChI is InChI=1S/C16H18FNO5/c1-16(2,3)23-15(22)18(12-8-11(12)14(20)21)13(19)9-5-4-6-10(17)7-9/h4-7,11-12H,8H2,1-3H3,(H,20,21). The van der Waals surface area contributed by atoms with Crippen LogP contribution in [0.25, 0.3) is 0 Å². The number of aliphatic carboxylic acids is 1. The van der Waals surface area contributed by atoms with Crippen molar-refractivity contribution in [3.63, 3.8) is 0 Å². The van der Waals surface area contributed by atoms with E-state index in [-0.39, 0.29) is 12.0 Å². The van der Waals surface area contributed by atoms with Gasteiger partial charge in [-0.3, -0.25) is 9.59 Å². The Kier molecular flexibility index (Phi) is 4.40. The molecule has 7 heteroatoms. The maximum Gasteiger partial charge on any atom is 0.417 e. The lowest BCUT2D eigenvalue weighted by atomic mass is 10.2. The summed E-state index contributed by atoms with van der Waals surface area (Å²) in [7, 11) is 0. The van der Waals surface area contributed by atoms with Crippen molar-refractivity contribution < 1.29 is 28.6 Å². The van der Waals surface area contributed by atoms with Gasteiger partial charge < -0.3 is 9.84 Å². The second kappa shape index (κ2) is 5.98. The summed E-state index contributed by atoms with van der Waals surface area (Å²) >= 11 is 0. The van der Waals surface area contributed by atoms with Gasteiger partial charge in [-0.05, 0) is 45.4 Å². The van der Waals surface area contributed by atoms with Crippen LogP contribution in [0.2, 0.25) is 0 Å². The van der Waals surface area contributed by atoms with Crippen molar-refractivity contribution in [2.24, 2.45) is 5.92 Å². The molecule has 2 rings (SSSR count). The molecule has 0 heterocycles. The molecule has 2 amide bonds. The van der Waals surface area contributed by atoms with E-state index in [4.69, 9.17) is 9.84 Å². The van der Waals surface area contributed by atoms with Crippen molar-refractivity contribution in [1.82, 2.24) is 4.90 Å². The van der Waals surface area contributed by atoms with Crippen LogP contribution >= 0.6 is 0 Å². The normalized spacial score (nSPS) is 19.8. The van der Waals surface area contributed by atoms with Crippen LogP contribution in [-0.2, 0) is 9.53 Å². The predicted molar refractivity (Wildman–Crippen MR) is 78.3 cm³/mol. The predicted octanol–water partition coefficient (Wildman–Crippen LogP) is 2.68. The number of hydrogen-bond donors (Lipinski definition) is 1. The van der Waals surface area contributed by atoms with Gasteiger partial charge in [0.2, 0.25) is 0 Å². The fourth-order valence-corrected chi connectivity index (χ4v) is 2.17. The molecular weight excluding hydrogens is 305 g/mol. The summed E-state index contributed by atoms with van der Waals surface area (Å²) in [6.45, 7) is 4.91. The number of halogens is 1. The van der Waals surface area contributed by atoms with Crippen LogP contribution in [-0.4, -0.2) is 39.6 Å². The molecule has 2 unspecified atom stereocenters. The van der Waals surface area contributed by atoms with E-state index >= 15 is 0 Å². The van der Waals surface area contributed by atoms with Crippen molar-refractivity contribution in [1.29, 1.82) is 0 Å². The minimum Gasteiger partial charge on any atom is -0.481 e. The number of carbonyl (C=O) groups excluding carboxylic acids is 2. The van der Waals surface area contributed by atoms with Crippen LogP contribution < -0.4 is 0 Å². The highest BCUT2D eigenvalue weighted by atomic mass is 19.1. The Morgan fingerprint density at radius 1 is 1.30 bits per heavy atom. The van der Waals surface area contributed by atoms with Gasteiger partial charge in [0.05, 0.1) is 12.0 Å². The molecule has 1 fully saturated rings. The van der Waals surface area contributed by atoms with Crippen LogP contribution in [0.15, 0.2) is 24.3 Å². The van der Waals surface area contributed by atoms with Crippen LogP contribution in [0.4, 0.5) is 9.18 Å². The van der Waals surface area contributed by atoms with E-state index in [0.29, 0.717) is 0 Å². The Bertz CT molecular complexity index is 652. The van der Waals surface area contributed by atoms with E-state index < -0.39 is 41.3 Å². The molecule has 0 radical (unpaired) electrons. The monoisotopic (exact) mass is 323 g/mol. The molecule has 124 valence electrons. The molecule has 0 aliphatic heterocycles. The highest BCUT2D eigenvalue weighted by molar-refractivity contribution is 6.04. The number of carboxylic acid groups (broad SMARTS) is 1. The Morgan fingerprint density at radius 3 is 2.43 bits per heavy atom. The van der Waals surface area contributed by atoms with Crippen molar-refractivity contribution in [3.05, 3.63) is 35.6 Å². The Hall–Kier alpha value is -2.44. The summed E-state index contributed by atoms with van der Waals surface area (Å²) < 4.78 is 18.5. The molecular formula is C16H18FNO5. The molecule has 0 bridgehead atoms. The molecule has 2 atom stereocenters. The number of ether oxygens (including phenoxy) is 1. The largest absolute Gasteiger partial charge is 0.481 e. The third-order valence-electron chi connectivity index (χ3n) is 3.29. The summed E-state index contributed by atoms with van der Waals surface area (Å²) in [5.41, 5.74) is -0.877. The van der Waals surface area contributed by atoms with E-state index in [9.17, 15) is 18.8 Å². The van der Waals surface area contributed by atoms with Crippen LogP contribution in [0.1, 0.15) is 37.6 Å². The van der Waals surface area contributed by atoms with Crippen LogP contribution in [0, 0.1) is 11.7 Å². The molecule has 1 saturated carbocycles. The first-order valence-electron chi connectivity index (χ1n) is 7.15. The molecule has 1 N–H and O–H groups in total. The zero-order chi connectivity index (χ0) is 17.4. The number of rotatable bonds is 3. The third kappa shape index (κ3) is 4.06. The molecule has 1 aliphatic carbocycles. The van der Waals surface area contributed by atoms with E-state index in [1.807, 2.05) is 0 Å². The first kappa shape index (κ1) is 16.9. The minimum absolute atomic E-state index is 0.0353. The minimum atomic E-state index is -1.09. The fourth-order valence-electron chi connectivity index (χ4n) is 2.17. The lowest BCUT2D eigenvalue weighted by Gasteiger charge is -2.26. The first-order chi connectivity index (χ1) is 10.6. The summed E-state index contributed by atoms with van der Waals surface area (Å²) in [4.78, 5) is 36.7. The number of hydrogen-bond acceptors (Lipinski definition) is 4. The second-order valence-electron chi connectivity index (χ2n) is 6.41. The number of amides is 2. The van der Waals surface area contributed by atoms with Crippen molar-refractivity contribution in [3.8, 4) is 0 Å². The zero-order valence-corrected chi connectivity index (χ0v) is 13.1. The molecule has 0 spiro atoms. The molecule has 23 heavy (non-hydrogen) atoms. The highest BCUT2D eigenvalue weighted by Crippen LogP contribution is 2.37. The first-order valence-corrected chi connectivity index (χ1v) is 7.15. The summed E-state index contributed by atoms with van der Waals surface area (Å²) in [6, 6.07) is 4.10. The van der Waals surface area contributed by atoms with E-state index in [1.54, 1.807) is 20.8 Å². The summed E-state index contributed by atoms with van der Waals surface area (Å²) in [5.74, 6) is -3.30.